The number of carbonyl (C=O) groups excluding carboxylic acids is 2. The highest BCUT2D eigenvalue weighted by Crippen LogP contribution is 2.44. The molecule has 0 spiro atoms. The third-order valence-corrected chi connectivity index (χ3v) is 2.51. The molecule has 0 N–H and O–H groups in total. The molecule has 0 aliphatic heterocycles. The Morgan fingerprint density at radius 2 is 1.47 bits per heavy atom. The van der Waals surface area contributed by atoms with Crippen molar-refractivity contribution in [2.45, 2.75) is 20.3 Å². The van der Waals surface area contributed by atoms with Crippen LogP contribution in [0.25, 0.3) is 0 Å². The van der Waals surface area contributed by atoms with Gasteiger partial charge >= 0.3 is 11.9 Å². The molecule has 2 aliphatic carbocycles. The molecule has 0 heterocycles. The Kier molecular flexibility index (Phi) is 2.34. The van der Waals surface area contributed by atoms with E-state index in [1.807, 2.05) is 12.2 Å². The fourth-order valence-corrected chi connectivity index (χ4v) is 2.01. The van der Waals surface area contributed by atoms with Crippen LogP contribution in [0, 0.1) is 11.8 Å². The minimum Gasteiger partial charge on any atom is -0.427 e. The Balaban J connectivity index is 2.23. The van der Waals surface area contributed by atoms with Gasteiger partial charge in [-0.2, -0.15) is 0 Å². The molecule has 4 heteroatoms. The zero-order valence-corrected chi connectivity index (χ0v) is 8.65. The molecule has 0 aromatic carbocycles. The lowest BCUT2D eigenvalue weighted by Crippen LogP contribution is -2.10. The Hall–Kier alpha value is -1.58. The summed E-state index contributed by atoms with van der Waals surface area (Å²) in [5, 5.41) is 0. The molecule has 0 aromatic heterocycles. The van der Waals surface area contributed by atoms with E-state index in [9.17, 15) is 9.59 Å². The van der Waals surface area contributed by atoms with E-state index in [-0.39, 0.29) is 23.8 Å². The van der Waals surface area contributed by atoms with Crippen LogP contribution in [0.5, 0.6) is 0 Å². The quantitative estimate of drug-likeness (QED) is 0.510. The van der Waals surface area contributed by atoms with E-state index >= 15 is 0 Å². The molecule has 0 aromatic rings. The predicted octanol–water partition coefficient (Wildman–Crippen LogP) is 1.53. The molecule has 2 aliphatic rings. The highest BCUT2D eigenvalue weighted by molar-refractivity contribution is 5.70. The average Bonchev–Trinajstić information content (AvgIpc) is 2.67. The summed E-state index contributed by atoms with van der Waals surface area (Å²) in [5.74, 6) is 0.433. The predicted molar refractivity (Wildman–Crippen MR) is 51.3 cm³/mol. The van der Waals surface area contributed by atoms with Crippen molar-refractivity contribution < 1.29 is 19.1 Å². The molecule has 80 valence electrons. The highest BCUT2D eigenvalue weighted by atomic mass is 16.6. The zero-order valence-electron chi connectivity index (χ0n) is 8.65. The van der Waals surface area contributed by atoms with Crippen LogP contribution in [0.1, 0.15) is 20.3 Å². The average molecular weight is 208 g/mol. The van der Waals surface area contributed by atoms with Crippen LogP contribution < -0.4 is 0 Å². The second-order valence-corrected chi connectivity index (χ2v) is 3.75. The highest BCUT2D eigenvalue weighted by Gasteiger charge is 2.39. The lowest BCUT2D eigenvalue weighted by Gasteiger charge is -2.14. The van der Waals surface area contributed by atoms with Crippen molar-refractivity contribution in [3.05, 3.63) is 23.7 Å². The molecule has 2 unspecified atom stereocenters. The number of fused-ring (bicyclic) bond motifs is 2. The lowest BCUT2D eigenvalue weighted by atomic mass is 10.1. The van der Waals surface area contributed by atoms with E-state index in [2.05, 4.69) is 0 Å². The monoisotopic (exact) mass is 208 g/mol. The summed E-state index contributed by atoms with van der Waals surface area (Å²) in [6.07, 6.45) is 4.80. The Bertz CT molecular complexity index is 344. The Labute approximate surface area is 87.5 Å². The molecule has 4 nitrogen and oxygen atoms in total. The van der Waals surface area contributed by atoms with E-state index in [0.29, 0.717) is 11.5 Å². The molecule has 0 amide bonds. The number of ether oxygens (including phenoxy) is 2. The van der Waals surface area contributed by atoms with Crippen molar-refractivity contribution in [1.82, 2.24) is 0 Å². The van der Waals surface area contributed by atoms with Gasteiger partial charge in [0, 0.05) is 25.7 Å². The van der Waals surface area contributed by atoms with Crippen molar-refractivity contribution in [3.8, 4) is 0 Å². The number of carbonyl (C=O) groups is 2. The molecule has 2 bridgehead atoms. The minimum absolute atomic E-state index is 0.0910. The SMILES string of the molecule is CC(=O)OC1=C(OC(C)=O)C2C=CC1C2. The van der Waals surface area contributed by atoms with Gasteiger partial charge in [0.05, 0.1) is 0 Å². The Morgan fingerprint density at radius 1 is 1.07 bits per heavy atom. The molecule has 0 saturated carbocycles. The second-order valence-electron chi connectivity index (χ2n) is 3.75. The van der Waals surface area contributed by atoms with E-state index < -0.39 is 0 Å². The van der Waals surface area contributed by atoms with Crippen molar-refractivity contribution >= 4 is 11.9 Å². The minimum atomic E-state index is -0.379. The number of allylic oxidation sites excluding steroid dienone is 2. The van der Waals surface area contributed by atoms with Gasteiger partial charge in [-0.05, 0) is 6.42 Å². The number of hydrogen-bond donors (Lipinski definition) is 0. The van der Waals surface area contributed by atoms with Crippen molar-refractivity contribution in [2.24, 2.45) is 11.8 Å². The van der Waals surface area contributed by atoms with E-state index in [0.717, 1.165) is 6.42 Å². The normalized spacial score (nSPS) is 27.1. The van der Waals surface area contributed by atoms with Gasteiger partial charge in [-0.1, -0.05) is 12.2 Å². The first-order valence-electron chi connectivity index (χ1n) is 4.87. The first-order chi connectivity index (χ1) is 7.08. The number of esters is 2. The van der Waals surface area contributed by atoms with Crippen molar-refractivity contribution in [3.63, 3.8) is 0 Å². The van der Waals surface area contributed by atoms with Crippen LogP contribution >= 0.6 is 0 Å². The van der Waals surface area contributed by atoms with Crippen LogP contribution in [0.3, 0.4) is 0 Å². The Morgan fingerprint density at radius 3 is 1.80 bits per heavy atom. The zero-order chi connectivity index (χ0) is 11.0. The molecule has 0 fully saturated rings. The standard InChI is InChI=1S/C11H12O4/c1-6(12)14-10-8-3-4-9(5-8)11(10)15-7(2)13/h3-4,8-9H,5H2,1-2H3. The summed E-state index contributed by atoms with van der Waals surface area (Å²) in [7, 11) is 0. The third-order valence-electron chi connectivity index (χ3n) is 2.51. The van der Waals surface area contributed by atoms with Crippen LogP contribution in [0.2, 0.25) is 0 Å². The summed E-state index contributed by atoms with van der Waals surface area (Å²) < 4.78 is 10.1. The van der Waals surface area contributed by atoms with Gasteiger partial charge < -0.3 is 9.47 Å². The van der Waals surface area contributed by atoms with Crippen LogP contribution in [0.15, 0.2) is 23.7 Å². The van der Waals surface area contributed by atoms with Gasteiger partial charge in [0.25, 0.3) is 0 Å². The summed E-state index contributed by atoms with van der Waals surface area (Å²) in [6.45, 7) is 2.68. The summed E-state index contributed by atoms with van der Waals surface area (Å²) in [4.78, 5) is 21.8. The van der Waals surface area contributed by atoms with Crippen LogP contribution in [-0.4, -0.2) is 11.9 Å². The fraction of sp³-hybridized carbons (Fsp3) is 0.455. The summed E-state index contributed by atoms with van der Waals surface area (Å²) in [6, 6.07) is 0. The van der Waals surface area contributed by atoms with Crippen LogP contribution in [-0.2, 0) is 19.1 Å². The molecular formula is C11H12O4. The van der Waals surface area contributed by atoms with Crippen molar-refractivity contribution in [1.29, 1.82) is 0 Å². The second kappa shape index (κ2) is 3.53. The van der Waals surface area contributed by atoms with Gasteiger partial charge in [-0.25, -0.2) is 0 Å². The summed E-state index contributed by atoms with van der Waals surface area (Å²) in [5.41, 5.74) is 0. The van der Waals surface area contributed by atoms with Gasteiger partial charge in [0.1, 0.15) is 0 Å². The smallest absolute Gasteiger partial charge is 0.307 e. The van der Waals surface area contributed by atoms with E-state index in [4.69, 9.17) is 9.47 Å². The largest absolute Gasteiger partial charge is 0.427 e. The molecule has 0 radical (unpaired) electrons. The molecule has 0 saturated heterocycles. The fourth-order valence-electron chi connectivity index (χ4n) is 2.01. The van der Waals surface area contributed by atoms with E-state index in [1.54, 1.807) is 0 Å². The maximum Gasteiger partial charge on any atom is 0.307 e. The van der Waals surface area contributed by atoms with Crippen LogP contribution in [0.4, 0.5) is 0 Å². The third kappa shape index (κ3) is 1.79. The van der Waals surface area contributed by atoms with Gasteiger partial charge in [0.2, 0.25) is 0 Å². The van der Waals surface area contributed by atoms with Crippen molar-refractivity contribution in [2.75, 3.05) is 0 Å². The van der Waals surface area contributed by atoms with Gasteiger partial charge in [0.15, 0.2) is 11.5 Å². The number of rotatable bonds is 2. The summed E-state index contributed by atoms with van der Waals surface area (Å²) >= 11 is 0. The molecule has 15 heavy (non-hydrogen) atoms. The van der Waals surface area contributed by atoms with E-state index in [1.165, 1.54) is 13.8 Å². The molecule has 2 atom stereocenters. The first kappa shape index (κ1) is 9.96. The lowest BCUT2D eigenvalue weighted by molar-refractivity contribution is -0.141. The van der Waals surface area contributed by atoms with Gasteiger partial charge in [-0.15, -0.1) is 0 Å². The first-order valence-corrected chi connectivity index (χ1v) is 4.87. The molecular weight excluding hydrogens is 196 g/mol. The number of hydrogen-bond acceptors (Lipinski definition) is 4. The topological polar surface area (TPSA) is 52.6 Å². The maximum absolute atomic E-state index is 10.9. The maximum atomic E-state index is 10.9. The van der Waals surface area contributed by atoms with Gasteiger partial charge in [-0.3, -0.25) is 9.59 Å². The molecule has 2 rings (SSSR count).